The van der Waals surface area contributed by atoms with Gasteiger partial charge in [-0.1, -0.05) is 12.5 Å². The Labute approximate surface area is 154 Å². The molecule has 1 amide bonds. The van der Waals surface area contributed by atoms with Crippen molar-refractivity contribution in [3.8, 4) is 6.07 Å². The van der Waals surface area contributed by atoms with Crippen LogP contribution >= 0.6 is 0 Å². The largest absolute Gasteiger partial charge is 0.381 e. The zero-order valence-electron chi connectivity index (χ0n) is 15.4. The number of anilines is 2. The second kappa shape index (κ2) is 9.59. The van der Waals surface area contributed by atoms with Crippen molar-refractivity contribution < 1.29 is 4.79 Å². The van der Waals surface area contributed by atoms with Gasteiger partial charge in [-0.15, -0.1) is 0 Å². The number of nitrogens with zero attached hydrogens (tertiary/aromatic N) is 2. The number of aromatic nitrogens is 2. The number of aromatic amines is 1. The Morgan fingerprint density at radius 3 is 2.81 bits per heavy atom. The van der Waals surface area contributed by atoms with Gasteiger partial charge in [0.25, 0.3) is 0 Å². The molecule has 0 saturated heterocycles. The molecule has 1 aromatic heterocycles. The number of hydrogen-bond acceptors (Lipinski definition) is 5. The quantitative estimate of drug-likeness (QED) is 0.516. The Kier molecular flexibility index (Phi) is 7.18. The number of nitrogens with one attached hydrogen (secondary N) is 3. The number of hydrogen-bond donors (Lipinski definition) is 4. The smallest absolute Gasteiger partial charge is 0.238 e. The van der Waals surface area contributed by atoms with E-state index in [1.54, 1.807) is 0 Å². The molecular formula is C19H26N6O. The fourth-order valence-electron chi connectivity index (χ4n) is 2.65. The molecule has 0 atom stereocenters. The summed E-state index contributed by atoms with van der Waals surface area (Å²) in [6.45, 7) is 5.14. The number of unbranched alkanes of at least 4 members (excludes halogenated alkanes) is 2. The topological polar surface area (TPSA) is 120 Å². The van der Waals surface area contributed by atoms with E-state index in [2.05, 4.69) is 26.9 Å². The van der Waals surface area contributed by atoms with Gasteiger partial charge in [0.2, 0.25) is 5.91 Å². The van der Waals surface area contributed by atoms with Crippen molar-refractivity contribution in [1.29, 1.82) is 5.26 Å². The van der Waals surface area contributed by atoms with Gasteiger partial charge in [-0.05, 0) is 62.9 Å². The minimum absolute atomic E-state index is 0.0418. The van der Waals surface area contributed by atoms with Crippen LogP contribution in [0.1, 0.15) is 41.6 Å². The second-order valence-electron chi connectivity index (χ2n) is 6.41. The summed E-state index contributed by atoms with van der Waals surface area (Å²) in [5.41, 5.74) is 10.1. The summed E-state index contributed by atoms with van der Waals surface area (Å²) < 4.78 is 0. The van der Waals surface area contributed by atoms with Gasteiger partial charge in [0.1, 0.15) is 11.6 Å². The molecule has 26 heavy (non-hydrogen) atoms. The average Bonchev–Trinajstić information content (AvgIpc) is 2.97. The number of nitrogens with two attached hydrogens (primary N) is 1. The van der Waals surface area contributed by atoms with Crippen LogP contribution in [0.25, 0.3) is 0 Å². The van der Waals surface area contributed by atoms with E-state index in [4.69, 9.17) is 11.0 Å². The van der Waals surface area contributed by atoms with E-state index < -0.39 is 0 Å². The Bertz CT molecular complexity index is 790. The summed E-state index contributed by atoms with van der Waals surface area (Å²) in [5, 5.41) is 21.7. The third-order valence-electron chi connectivity index (χ3n) is 4.34. The van der Waals surface area contributed by atoms with Crippen LogP contribution in [-0.4, -0.2) is 29.2 Å². The van der Waals surface area contributed by atoms with Crippen LogP contribution in [0, 0.1) is 25.2 Å². The molecule has 0 saturated carbocycles. The van der Waals surface area contributed by atoms with Crippen molar-refractivity contribution in [2.24, 2.45) is 0 Å². The van der Waals surface area contributed by atoms with Gasteiger partial charge >= 0.3 is 0 Å². The van der Waals surface area contributed by atoms with Crippen LogP contribution in [-0.2, 0) is 11.2 Å². The third-order valence-corrected chi connectivity index (χ3v) is 4.34. The van der Waals surface area contributed by atoms with Gasteiger partial charge in [0, 0.05) is 5.69 Å². The summed E-state index contributed by atoms with van der Waals surface area (Å²) in [6, 6.07) is 7.96. The van der Waals surface area contributed by atoms with E-state index in [-0.39, 0.29) is 11.7 Å². The minimum atomic E-state index is -0.0418. The molecule has 0 aliphatic heterocycles. The summed E-state index contributed by atoms with van der Waals surface area (Å²) >= 11 is 0. The summed E-state index contributed by atoms with van der Waals surface area (Å²) in [7, 11) is 0. The van der Waals surface area contributed by atoms with Crippen molar-refractivity contribution in [3.63, 3.8) is 0 Å². The molecule has 0 aliphatic rings. The lowest BCUT2D eigenvalue weighted by Gasteiger charge is -2.08. The van der Waals surface area contributed by atoms with Gasteiger partial charge in [-0.2, -0.15) is 10.4 Å². The molecule has 0 aliphatic carbocycles. The number of benzene rings is 1. The highest BCUT2D eigenvalue weighted by molar-refractivity contribution is 5.92. The Morgan fingerprint density at radius 2 is 2.08 bits per heavy atom. The Morgan fingerprint density at radius 1 is 1.27 bits per heavy atom. The molecule has 5 N–H and O–H groups in total. The first kappa shape index (κ1) is 19.5. The first-order valence-electron chi connectivity index (χ1n) is 8.82. The molecule has 7 heteroatoms. The fourth-order valence-corrected chi connectivity index (χ4v) is 2.65. The predicted octanol–water partition coefficient (Wildman–Crippen LogP) is 2.42. The zero-order chi connectivity index (χ0) is 18.9. The van der Waals surface area contributed by atoms with Crippen LogP contribution in [0.4, 0.5) is 11.5 Å². The molecule has 0 spiro atoms. The van der Waals surface area contributed by atoms with Gasteiger partial charge in [-0.25, -0.2) is 0 Å². The van der Waals surface area contributed by atoms with E-state index in [1.807, 2.05) is 32.0 Å². The van der Waals surface area contributed by atoms with Gasteiger partial charge < -0.3 is 16.4 Å². The number of amides is 1. The van der Waals surface area contributed by atoms with Crippen LogP contribution in [0.2, 0.25) is 0 Å². The summed E-state index contributed by atoms with van der Waals surface area (Å²) in [4.78, 5) is 11.9. The molecule has 0 unspecified atom stereocenters. The molecule has 1 heterocycles. The summed E-state index contributed by atoms with van der Waals surface area (Å²) in [6.07, 6.45) is 3.64. The van der Waals surface area contributed by atoms with E-state index in [9.17, 15) is 4.79 Å². The highest BCUT2D eigenvalue weighted by atomic mass is 16.1. The van der Waals surface area contributed by atoms with Crippen LogP contribution in [0.3, 0.4) is 0 Å². The number of aryl methyl sites for hydroxylation is 3. The number of carbonyl (C=O) groups excluding carboxylic acids is 1. The van der Waals surface area contributed by atoms with E-state index >= 15 is 0 Å². The number of nitrogen functional groups attached to an aromatic ring is 1. The number of carbonyl (C=O) groups is 1. The normalized spacial score (nSPS) is 10.5. The van der Waals surface area contributed by atoms with E-state index in [1.165, 1.54) is 5.56 Å². The highest BCUT2D eigenvalue weighted by Crippen LogP contribution is 2.15. The van der Waals surface area contributed by atoms with Crippen molar-refractivity contribution >= 4 is 17.4 Å². The first-order valence-corrected chi connectivity index (χ1v) is 8.82. The molecular weight excluding hydrogens is 328 g/mol. The summed E-state index contributed by atoms with van der Waals surface area (Å²) in [5.74, 6) is 0.221. The number of rotatable bonds is 9. The van der Waals surface area contributed by atoms with Crippen molar-refractivity contribution in [2.45, 2.75) is 39.5 Å². The lowest BCUT2D eigenvalue weighted by molar-refractivity contribution is -0.115. The lowest BCUT2D eigenvalue weighted by atomic mass is 10.1. The zero-order valence-corrected chi connectivity index (χ0v) is 15.4. The second-order valence-corrected chi connectivity index (χ2v) is 6.41. The molecule has 0 fully saturated rings. The lowest BCUT2D eigenvalue weighted by Crippen LogP contribution is -2.28. The maximum atomic E-state index is 11.9. The standard InChI is InChI=1S/C19H26N6O/c1-13-7-8-15(10-14(13)2)23-18(26)12-22-9-5-3-4-6-17-16(11-20)19(21)25-24-17/h7-8,10,22H,3-6,9,12H2,1-2H3,(H,23,26)(H3,21,24,25). The molecule has 2 rings (SSSR count). The predicted molar refractivity (Wildman–Crippen MR) is 103 cm³/mol. The number of nitriles is 1. The van der Waals surface area contributed by atoms with Crippen LogP contribution in [0.15, 0.2) is 18.2 Å². The Balaban J connectivity index is 1.58. The van der Waals surface area contributed by atoms with Crippen molar-refractivity contribution in [1.82, 2.24) is 15.5 Å². The molecule has 138 valence electrons. The van der Waals surface area contributed by atoms with Crippen LogP contribution < -0.4 is 16.4 Å². The molecule has 0 bridgehead atoms. The third kappa shape index (κ3) is 5.60. The monoisotopic (exact) mass is 354 g/mol. The Hall–Kier alpha value is -2.85. The maximum absolute atomic E-state index is 11.9. The minimum Gasteiger partial charge on any atom is -0.381 e. The maximum Gasteiger partial charge on any atom is 0.238 e. The molecule has 7 nitrogen and oxygen atoms in total. The van der Waals surface area contributed by atoms with Crippen molar-refractivity contribution in [3.05, 3.63) is 40.6 Å². The fraction of sp³-hybridized carbons (Fsp3) is 0.421. The molecule has 1 aromatic carbocycles. The highest BCUT2D eigenvalue weighted by Gasteiger charge is 2.09. The van der Waals surface area contributed by atoms with Crippen molar-refractivity contribution in [2.75, 3.05) is 24.1 Å². The molecule has 0 radical (unpaired) electrons. The van der Waals surface area contributed by atoms with Gasteiger partial charge in [0.05, 0.1) is 12.2 Å². The van der Waals surface area contributed by atoms with Gasteiger partial charge in [0.15, 0.2) is 5.82 Å². The van der Waals surface area contributed by atoms with Gasteiger partial charge in [-0.3, -0.25) is 9.89 Å². The first-order chi connectivity index (χ1) is 12.5. The number of H-pyrrole nitrogens is 1. The van der Waals surface area contributed by atoms with E-state index in [0.717, 1.165) is 49.2 Å². The SMILES string of the molecule is Cc1ccc(NC(=O)CNCCCCCc2[nH]nc(N)c2C#N)cc1C. The molecule has 2 aromatic rings. The van der Waals surface area contributed by atoms with Crippen LogP contribution in [0.5, 0.6) is 0 Å². The average molecular weight is 354 g/mol. The van der Waals surface area contributed by atoms with E-state index in [0.29, 0.717) is 12.1 Å².